The Morgan fingerprint density at radius 1 is 1.37 bits per heavy atom. The molecule has 1 aromatic carbocycles. The number of nitrogens with zero attached hydrogens (tertiary/aromatic N) is 3. The summed E-state index contributed by atoms with van der Waals surface area (Å²) in [7, 11) is 0. The molecule has 0 spiro atoms. The van der Waals surface area contributed by atoms with E-state index in [0.29, 0.717) is 61.1 Å². The van der Waals surface area contributed by atoms with Gasteiger partial charge in [0.1, 0.15) is 22.9 Å². The van der Waals surface area contributed by atoms with Crippen molar-refractivity contribution in [1.82, 2.24) is 14.4 Å². The fourth-order valence-electron chi connectivity index (χ4n) is 4.11. The third kappa shape index (κ3) is 3.59. The van der Waals surface area contributed by atoms with Crippen LogP contribution in [0.5, 0.6) is 5.75 Å². The van der Waals surface area contributed by atoms with Crippen molar-refractivity contribution < 1.29 is 13.9 Å². The van der Waals surface area contributed by atoms with Gasteiger partial charge in [-0.05, 0) is 31.7 Å². The van der Waals surface area contributed by atoms with E-state index in [2.05, 4.69) is 9.97 Å². The van der Waals surface area contributed by atoms with Crippen LogP contribution in [0.2, 0.25) is 10.2 Å². The van der Waals surface area contributed by atoms with Crippen LogP contribution in [0.1, 0.15) is 55.5 Å². The molecule has 1 saturated heterocycles. The van der Waals surface area contributed by atoms with Gasteiger partial charge in [0.25, 0.3) is 0 Å². The number of imidazole rings is 1. The molecule has 1 aliphatic rings. The van der Waals surface area contributed by atoms with E-state index in [0.717, 1.165) is 5.56 Å². The summed E-state index contributed by atoms with van der Waals surface area (Å²) < 4.78 is 28.5. The van der Waals surface area contributed by atoms with Crippen LogP contribution in [0.15, 0.2) is 18.5 Å². The number of fused-ring (bicyclic) bond motifs is 1. The van der Waals surface area contributed by atoms with Gasteiger partial charge in [-0.3, -0.25) is 4.40 Å². The van der Waals surface area contributed by atoms with Gasteiger partial charge in [-0.15, -0.1) is 0 Å². The van der Waals surface area contributed by atoms with Crippen LogP contribution in [0.3, 0.4) is 0 Å². The molecule has 0 saturated carbocycles. The second kappa shape index (κ2) is 8.57. The standard InChI is InChI=1S/C21H23Cl2FN4O2/c1-3-30-18-13(10-14(22)16(24)15(18)12-4-8-29-9-5-12)11(2)21-27-19(23)17-20(25)26-6-7-28(17)21/h6-7,10-12H,3-5,8-9H2,1-2H3,(H2,25,26)/t11-/m1/s1. The Morgan fingerprint density at radius 3 is 2.80 bits per heavy atom. The maximum atomic E-state index is 15.2. The fourth-order valence-corrected chi connectivity index (χ4v) is 4.61. The second-order valence-corrected chi connectivity index (χ2v) is 8.10. The summed E-state index contributed by atoms with van der Waals surface area (Å²) in [5, 5.41) is 0.327. The molecule has 1 aliphatic heterocycles. The fraction of sp³-hybridized carbons (Fsp3) is 0.429. The molecular formula is C21H23Cl2FN4O2. The Hall–Kier alpha value is -2.09. The number of nitrogens with two attached hydrogens (primary N) is 1. The van der Waals surface area contributed by atoms with Crippen LogP contribution in [-0.2, 0) is 4.74 Å². The molecule has 1 fully saturated rings. The highest BCUT2D eigenvalue weighted by molar-refractivity contribution is 6.33. The Morgan fingerprint density at radius 2 is 2.10 bits per heavy atom. The van der Waals surface area contributed by atoms with Crippen molar-refractivity contribution in [1.29, 1.82) is 0 Å². The number of hydrogen-bond donors (Lipinski definition) is 1. The maximum Gasteiger partial charge on any atom is 0.158 e. The molecule has 0 unspecified atom stereocenters. The van der Waals surface area contributed by atoms with Crippen LogP contribution in [0.25, 0.3) is 5.52 Å². The third-order valence-electron chi connectivity index (χ3n) is 5.58. The predicted octanol–water partition coefficient (Wildman–Crippen LogP) is 5.20. The summed E-state index contributed by atoms with van der Waals surface area (Å²) in [6, 6.07) is 1.62. The Balaban J connectivity index is 1.90. The summed E-state index contributed by atoms with van der Waals surface area (Å²) in [6.07, 6.45) is 4.77. The SMILES string of the molecule is CCOc1c([C@@H](C)c2nc(Cl)c3c(N)nccn23)cc(Cl)c(F)c1C1CCOCC1. The molecule has 1 atom stereocenters. The van der Waals surface area contributed by atoms with E-state index in [9.17, 15) is 0 Å². The van der Waals surface area contributed by atoms with Crippen molar-refractivity contribution in [2.45, 2.75) is 38.5 Å². The highest BCUT2D eigenvalue weighted by Crippen LogP contribution is 2.44. The lowest BCUT2D eigenvalue weighted by molar-refractivity contribution is 0.0838. The van der Waals surface area contributed by atoms with Crippen LogP contribution in [0, 0.1) is 5.82 Å². The van der Waals surface area contributed by atoms with Gasteiger partial charge >= 0.3 is 0 Å². The summed E-state index contributed by atoms with van der Waals surface area (Å²) in [5.74, 6) is 0.718. The molecule has 30 heavy (non-hydrogen) atoms. The second-order valence-electron chi connectivity index (χ2n) is 7.34. The molecule has 0 bridgehead atoms. The number of anilines is 1. The molecular weight excluding hydrogens is 430 g/mol. The molecule has 2 aromatic heterocycles. The maximum absolute atomic E-state index is 15.2. The molecule has 3 heterocycles. The van der Waals surface area contributed by atoms with Gasteiger partial charge in [0.15, 0.2) is 11.0 Å². The van der Waals surface area contributed by atoms with Crippen LogP contribution in [0.4, 0.5) is 10.2 Å². The Bertz CT molecular complexity index is 1080. The number of rotatable bonds is 5. The van der Waals surface area contributed by atoms with Crippen molar-refractivity contribution in [3.63, 3.8) is 0 Å². The summed E-state index contributed by atoms with van der Waals surface area (Å²) in [4.78, 5) is 8.61. The van der Waals surface area contributed by atoms with Crippen molar-refractivity contribution in [2.24, 2.45) is 0 Å². The van der Waals surface area contributed by atoms with E-state index in [1.165, 1.54) is 0 Å². The predicted molar refractivity (Wildman–Crippen MR) is 115 cm³/mol. The normalized spacial score (nSPS) is 16.2. The Kier molecular flexibility index (Phi) is 6.04. The molecule has 6 nitrogen and oxygen atoms in total. The van der Waals surface area contributed by atoms with Crippen molar-refractivity contribution in [2.75, 3.05) is 25.6 Å². The van der Waals surface area contributed by atoms with Crippen molar-refractivity contribution in [3.05, 3.63) is 51.4 Å². The minimum atomic E-state index is -0.428. The number of halogens is 3. The highest BCUT2D eigenvalue weighted by Gasteiger charge is 2.30. The lowest BCUT2D eigenvalue weighted by Gasteiger charge is -2.27. The van der Waals surface area contributed by atoms with Gasteiger partial charge in [0.2, 0.25) is 0 Å². The smallest absolute Gasteiger partial charge is 0.158 e. The lowest BCUT2D eigenvalue weighted by atomic mass is 9.86. The summed E-state index contributed by atoms with van der Waals surface area (Å²) >= 11 is 12.7. The van der Waals surface area contributed by atoms with E-state index in [1.54, 1.807) is 22.9 Å². The average molecular weight is 453 g/mol. The zero-order valence-corrected chi connectivity index (χ0v) is 18.3. The molecule has 0 amide bonds. The monoisotopic (exact) mass is 452 g/mol. The minimum Gasteiger partial charge on any atom is -0.493 e. The van der Waals surface area contributed by atoms with E-state index in [4.69, 9.17) is 38.4 Å². The zero-order valence-electron chi connectivity index (χ0n) is 16.8. The zero-order chi connectivity index (χ0) is 21.4. The highest BCUT2D eigenvalue weighted by atomic mass is 35.5. The van der Waals surface area contributed by atoms with Gasteiger partial charge in [-0.2, -0.15) is 0 Å². The molecule has 2 N–H and O–H groups in total. The van der Waals surface area contributed by atoms with E-state index in [-0.39, 0.29) is 22.0 Å². The molecule has 160 valence electrons. The van der Waals surface area contributed by atoms with Crippen molar-refractivity contribution in [3.8, 4) is 5.75 Å². The van der Waals surface area contributed by atoms with Crippen LogP contribution < -0.4 is 10.5 Å². The third-order valence-corrected chi connectivity index (χ3v) is 6.11. The quantitative estimate of drug-likeness (QED) is 0.575. The Labute approximate surface area is 184 Å². The molecule has 0 aliphatic carbocycles. The van der Waals surface area contributed by atoms with Gasteiger partial charge in [0.05, 0.1) is 11.6 Å². The first-order valence-electron chi connectivity index (χ1n) is 9.94. The largest absolute Gasteiger partial charge is 0.493 e. The summed E-state index contributed by atoms with van der Waals surface area (Å²) in [5.41, 5.74) is 7.80. The van der Waals surface area contributed by atoms with Gasteiger partial charge in [-0.25, -0.2) is 14.4 Å². The van der Waals surface area contributed by atoms with E-state index in [1.807, 2.05) is 13.8 Å². The first-order chi connectivity index (χ1) is 14.4. The lowest BCUT2D eigenvalue weighted by Crippen LogP contribution is -2.18. The van der Waals surface area contributed by atoms with E-state index < -0.39 is 5.82 Å². The number of benzene rings is 1. The summed E-state index contributed by atoms with van der Waals surface area (Å²) in [6.45, 7) is 5.40. The van der Waals surface area contributed by atoms with E-state index >= 15 is 4.39 Å². The van der Waals surface area contributed by atoms with Gasteiger partial charge < -0.3 is 15.2 Å². The molecule has 3 aromatic rings. The molecule has 0 radical (unpaired) electrons. The first-order valence-corrected chi connectivity index (χ1v) is 10.7. The number of nitrogen functional groups attached to an aromatic ring is 1. The minimum absolute atomic E-state index is 0.0228. The number of ether oxygens (including phenoxy) is 2. The molecule has 9 heteroatoms. The molecule has 4 rings (SSSR count). The number of hydrogen-bond acceptors (Lipinski definition) is 5. The van der Waals surface area contributed by atoms with Gasteiger partial charge in [0, 0.05) is 42.7 Å². The topological polar surface area (TPSA) is 74.7 Å². The van der Waals surface area contributed by atoms with Crippen LogP contribution >= 0.6 is 23.2 Å². The van der Waals surface area contributed by atoms with Crippen LogP contribution in [-0.4, -0.2) is 34.2 Å². The number of aromatic nitrogens is 3. The van der Waals surface area contributed by atoms with Crippen molar-refractivity contribution >= 4 is 34.5 Å². The first kappa shape index (κ1) is 21.2. The van der Waals surface area contributed by atoms with Gasteiger partial charge in [-0.1, -0.05) is 30.1 Å². The average Bonchev–Trinajstić information content (AvgIpc) is 3.09.